The number of ether oxygens (including phenoxy) is 2. The number of hydrogen-bond donors (Lipinski definition) is 1. The van der Waals surface area contributed by atoms with E-state index >= 15 is 0 Å². The molecule has 1 aromatic rings. The summed E-state index contributed by atoms with van der Waals surface area (Å²) in [6, 6.07) is 7.02. The summed E-state index contributed by atoms with van der Waals surface area (Å²) in [7, 11) is 3.75. The van der Waals surface area contributed by atoms with Gasteiger partial charge in [0.25, 0.3) is 0 Å². The number of methoxy groups -OCH3 is 1. The van der Waals surface area contributed by atoms with Crippen LogP contribution in [-0.2, 0) is 11.2 Å². The maximum Gasteiger partial charge on any atom is 0.122 e. The Hall–Kier alpha value is -1.06. The lowest BCUT2D eigenvalue weighted by Gasteiger charge is -2.21. The minimum absolute atomic E-state index is 0.499. The average Bonchev–Trinajstić information content (AvgIpc) is 2.53. The second-order valence-corrected chi connectivity index (χ2v) is 5.64. The van der Waals surface area contributed by atoms with Gasteiger partial charge in [-0.15, -0.1) is 0 Å². The van der Waals surface area contributed by atoms with Crippen molar-refractivity contribution in [3.63, 3.8) is 0 Å². The molecule has 1 atom stereocenters. The molecule has 3 nitrogen and oxygen atoms in total. The van der Waals surface area contributed by atoms with Crippen LogP contribution in [-0.4, -0.2) is 33.4 Å². The van der Waals surface area contributed by atoms with Crippen molar-refractivity contribution >= 4 is 0 Å². The number of nitrogens with one attached hydrogen (secondary N) is 1. The topological polar surface area (TPSA) is 30.5 Å². The molecule has 0 amide bonds. The Morgan fingerprint density at radius 3 is 2.36 bits per heavy atom. The maximum atomic E-state index is 5.85. The summed E-state index contributed by atoms with van der Waals surface area (Å²) < 4.78 is 10.9. The Labute approximate surface area is 137 Å². The van der Waals surface area contributed by atoms with Crippen LogP contribution < -0.4 is 10.1 Å². The van der Waals surface area contributed by atoms with Crippen LogP contribution in [0.3, 0.4) is 0 Å². The monoisotopic (exact) mass is 309 g/mol. The molecule has 1 aromatic carbocycles. The number of aryl methyl sites for hydroxylation is 1. The minimum atomic E-state index is 0.499. The summed E-state index contributed by atoms with van der Waals surface area (Å²) in [6.07, 6.45) is 1.95. The first kappa shape index (κ1) is 20.9. The van der Waals surface area contributed by atoms with Gasteiger partial charge in [-0.05, 0) is 43.5 Å². The molecule has 0 saturated heterocycles. The molecule has 0 aromatic heterocycles. The van der Waals surface area contributed by atoms with E-state index < -0.39 is 0 Å². The van der Waals surface area contributed by atoms with Gasteiger partial charge in [0.2, 0.25) is 0 Å². The van der Waals surface area contributed by atoms with Crippen molar-refractivity contribution in [2.45, 2.75) is 53.5 Å². The first-order valence-corrected chi connectivity index (χ1v) is 8.47. The summed E-state index contributed by atoms with van der Waals surface area (Å²) in [5.74, 6) is 1.62. The lowest BCUT2D eigenvalue weighted by molar-refractivity contribution is 0.172. The van der Waals surface area contributed by atoms with Gasteiger partial charge in [0.05, 0.1) is 6.61 Å². The lowest BCUT2D eigenvalue weighted by Crippen LogP contribution is -2.32. The number of rotatable bonds is 9. The van der Waals surface area contributed by atoms with Gasteiger partial charge in [0.1, 0.15) is 5.75 Å². The second-order valence-electron chi connectivity index (χ2n) is 5.64. The zero-order valence-electron chi connectivity index (χ0n) is 15.5. The second kappa shape index (κ2) is 12.5. The summed E-state index contributed by atoms with van der Waals surface area (Å²) in [5.41, 5.74) is 2.52. The molecule has 3 heteroatoms. The van der Waals surface area contributed by atoms with Crippen molar-refractivity contribution in [2.24, 2.45) is 5.92 Å². The molecule has 0 aliphatic heterocycles. The molecule has 0 bridgehead atoms. The smallest absolute Gasteiger partial charge is 0.122 e. The Kier molecular flexibility index (Phi) is 11.9. The van der Waals surface area contributed by atoms with E-state index in [-0.39, 0.29) is 0 Å². The predicted octanol–water partition coefficient (Wildman–Crippen LogP) is 4.22. The van der Waals surface area contributed by atoms with Gasteiger partial charge < -0.3 is 14.8 Å². The summed E-state index contributed by atoms with van der Waals surface area (Å²) >= 11 is 0. The van der Waals surface area contributed by atoms with Crippen LogP contribution in [0.15, 0.2) is 18.2 Å². The van der Waals surface area contributed by atoms with Gasteiger partial charge in [0, 0.05) is 26.2 Å². The van der Waals surface area contributed by atoms with Crippen LogP contribution in [0.2, 0.25) is 0 Å². The van der Waals surface area contributed by atoms with Gasteiger partial charge >= 0.3 is 0 Å². The predicted molar refractivity (Wildman–Crippen MR) is 95.9 cm³/mol. The molecule has 1 N–H and O–H groups in total. The first-order valence-electron chi connectivity index (χ1n) is 8.47. The fourth-order valence-corrected chi connectivity index (χ4v) is 2.24. The van der Waals surface area contributed by atoms with E-state index in [1.54, 1.807) is 7.11 Å². The SMILES string of the molecule is CC.CNC(Cc1ccc(C)c(OCCCOC)c1)C(C)C. The normalized spacial score (nSPS) is 11.8. The van der Waals surface area contributed by atoms with Gasteiger partial charge in [-0.2, -0.15) is 0 Å². The Morgan fingerprint density at radius 2 is 1.82 bits per heavy atom. The van der Waals surface area contributed by atoms with Crippen LogP contribution >= 0.6 is 0 Å². The van der Waals surface area contributed by atoms with E-state index in [9.17, 15) is 0 Å². The van der Waals surface area contributed by atoms with Gasteiger partial charge in [-0.1, -0.05) is 39.8 Å². The molecule has 0 fully saturated rings. The molecule has 1 unspecified atom stereocenters. The number of likely N-dealkylation sites (N-methyl/N-ethyl adjacent to an activating group) is 1. The quantitative estimate of drug-likeness (QED) is 0.693. The zero-order chi connectivity index (χ0) is 17.0. The lowest BCUT2D eigenvalue weighted by atomic mass is 9.96. The Balaban J connectivity index is 0.00000211. The highest BCUT2D eigenvalue weighted by Gasteiger charge is 2.12. The molecular weight excluding hydrogens is 274 g/mol. The van der Waals surface area contributed by atoms with Crippen LogP contribution in [0.5, 0.6) is 5.75 Å². The highest BCUT2D eigenvalue weighted by Crippen LogP contribution is 2.21. The Bertz CT molecular complexity index is 391. The molecule has 1 rings (SSSR count). The van der Waals surface area contributed by atoms with Gasteiger partial charge in [-0.3, -0.25) is 0 Å². The van der Waals surface area contributed by atoms with Crippen molar-refractivity contribution < 1.29 is 9.47 Å². The molecule has 0 radical (unpaired) electrons. The largest absolute Gasteiger partial charge is 0.493 e. The van der Waals surface area contributed by atoms with E-state index in [2.05, 4.69) is 44.3 Å². The summed E-state index contributed by atoms with van der Waals surface area (Å²) in [6.45, 7) is 12.0. The third-order valence-electron chi connectivity index (χ3n) is 3.63. The fourth-order valence-electron chi connectivity index (χ4n) is 2.24. The molecule has 0 heterocycles. The first-order chi connectivity index (χ1) is 10.6. The Morgan fingerprint density at radius 1 is 1.14 bits per heavy atom. The highest BCUT2D eigenvalue weighted by molar-refractivity contribution is 5.37. The van der Waals surface area contributed by atoms with Crippen molar-refractivity contribution in [3.8, 4) is 5.75 Å². The van der Waals surface area contributed by atoms with Gasteiger partial charge in [0.15, 0.2) is 0 Å². The molecule has 0 aliphatic carbocycles. The van der Waals surface area contributed by atoms with Crippen LogP contribution in [0.1, 0.15) is 45.2 Å². The fraction of sp³-hybridized carbons (Fsp3) is 0.684. The zero-order valence-corrected chi connectivity index (χ0v) is 15.5. The molecule has 0 spiro atoms. The molecule has 0 saturated carbocycles. The average molecular weight is 309 g/mol. The maximum absolute atomic E-state index is 5.85. The standard InChI is InChI=1S/C17H29NO2.C2H6/c1-13(2)16(18-4)11-15-8-7-14(3)17(12-15)20-10-6-9-19-5;1-2/h7-8,12-13,16,18H,6,9-11H2,1-5H3;1-2H3. The number of hydrogen-bond acceptors (Lipinski definition) is 3. The van der Waals surface area contributed by atoms with Crippen LogP contribution in [0.25, 0.3) is 0 Å². The van der Waals surface area contributed by atoms with Crippen LogP contribution in [0.4, 0.5) is 0 Å². The third-order valence-corrected chi connectivity index (χ3v) is 3.63. The third kappa shape index (κ3) is 7.81. The van der Waals surface area contributed by atoms with Crippen molar-refractivity contribution in [3.05, 3.63) is 29.3 Å². The van der Waals surface area contributed by atoms with Crippen LogP contribution in [0, 0.1) is 12.8 Å². The molecular formula is C19H35NO2. The minimum Gasteiger partial charge on any atom is -0.493 e. The van der Waals surface area contributed by atoms with E-state index in [1.165, 1.54) is 11.1 Å². The number of benzene rings is 1. The van der Waals surface area contributed by atoms with E-state index in [1.807, 2.05) is 20.9 Å². The van der Waals surface area contributed by atoms with Crippen molar-refractivity contribution in [1.29, 1.82) is 0 Å². The summed E-state index contributed by atoms with van der Waals surface area (Å²) in [4.78, 5) is 0. The van der Waals surface area contributed by atoms with Gasteiger partial charge in [-0.25, -0.2) is 0 Å². The molecule has 0 aliphatic rings. The highest BCUT2D eigenvalue weighted by atomic mass is 16.5. The van der Waals surface area contributed by atoms with E-state index in [4.69, 9.17) is 9.47 Å². The van der Waals surface area contributed by atoms with E-state index in [0.29, 0.717) is 18.6 Å². The molecule has 22 heavy (non-hydrogen) atoms. The van der Waals surface area contributed by atoms with Crippen molar-refractivity contribution in [1.82, 2.24) is 5.32 Å². The summed E-state index contributed by atoms with van der Waals surface area (Å²) in [5, 5.41) is 3.39. The van der Waals surface area contributed by atoms with Crippen molar-refractivity contribution in [2.75, 3.05) is 27.4 Å². The molecule has 128 valence electrons. The van der Waals surface area contributed by atoms with E-state index in [0.717, 1.165) is 25.2 Å².